The SMILES string of the molecule is Cc1c(/C([O-])=C2\C(=O)C(=O)N(CC[NH+](C)C)C2c2ccncc2)cnn1-c1ccccc1. The zero-order valence-corrected chi connectivity index (χ0v) is 18.3. The van der Waals surface area contributed by atoms with Gasteiger partial charge in [0.25, 0.3) is 5.91 Å². The van der Waals surface area contributed by atoms with E-state index < -0.39 is 23.5 Å². The van der Waals surface area contributed by atoms with Crippen LogP contribution in [0.3, 0.4) is 0 Å². The molecule has 164 valence electrons. The normalized spacial score (nSPS) is 18.0. The van der Waals surface area contributed by atoms with E-state index in [1.54, 1.807) is 36.1 Å². The van der Waals surface area contributed by atoms with E-state index in [0.717, 1.165) is 10.6 Å². The molecule has 0 spiro atoms. The molecule has 1 fully saturated rings. The standard InChI is InChI=1S/C24H25N5O3/c1-16-19(15-26-29(16)18-7-5-4-6-8-18)22(30)20-21(17-9-11-25-12-10-17)28(14-13-27(2)3)24(32)23(20)31/h4-12,15,21,30H,13-14H2,1-3H3/b22-20+. The Labute approximate surface area is 186 Å². The number of hydrogen-bond donors (Lipinski definition) is 1. The molecule has 1 aromatic carbocycles. The lowest BCUT2D eigenvalue weighted by molar-refractivity contribution is -0.857. The quantitative estimate of drug-likeness (QED) is 0.335. The minimum atomic E-state index is -0.752. The smallest absolute Gasteiger partial charge is 0.295 e. The number of pyridine rings is 1. The van der Waals surface area contributed by atoms with Gasteiger partial charge in [0, 0.05) is 29.2 Å². The number of ketones is 1. The van der Waals surface area contributed by atoms with Crippen molar-refractivity contribution in [3.05, 3.63) is 83.4 Å². The third-order valence-corrected chi connectivity index (χ3v) is 5.66. The molecule has 1 atom stereocenters. The fraction of sp³-hybridized carbons (Fsp3) is 0.250. The van der Waals surface area contributed by atoms with Crippen LogP contribution in [0.4, 0.5) is 0 Å². The van der Waals surface area contributed by atoms with Crippen LogP contribution in [-0.2, 0) is 9.59 Å². The monoisotopic (exact) mass is 431 g/mol. The van der Waals surface area contributed by atoms with Crippen molar-refractivity contribution in [3.8, 4) is 5.69 Å². The molecule has 1 saturated heterocycles. The van der Waals surface area contributed by atoms with Crippen molar-refractivity contribution in [2.75, 3.05) is 27.2 Å². The predicted octanol–water partition coefficient (Wildman–Crippen LogP) is -0.0558. The number of Topliss-reactive ketones (excluding diaryl/α,β-unsaturated/α-hetero) is 1. The van der Waals surface area contributed by atoms with E-state index in [1.807, 2.05) is 44.4 Å². The molecular formula is C24H25N5O3. The van der Waals surface area contributed by atoms with Gasteiger partial charge < -0.3 is 14.9 Å². The van der Waals surface area contributed by atoms with Crippen LogP contribution in [0.5, 0.6) is 0 Å². The number of rotatable bonds is 6. The number of likely N-dealkylation sites (tertiary alicyclic amines) is 1. The number of carbonyl (C=O) groups excluding carboxylic acids is 2. The summed E-state index contributed by atoms with van der Waals surface area (Å²) in [6, 6.07) is 12.2. The van der Waals surface area contributed by atoms with E-state index in [4.69, 9.17) is 0 Å². The Balaban J connectivity index is 1.83. The molecule has 8 nitrogen and oxygen atoms in total. The van der Waals surface area contributed by atoms with Gasteiger partial charge in [-0.15, -0.1) is 0 Å². The topological polar surface area (TPSA) is 95.6 Å². The Morgan fingerprint density at radius 1 is 1.09 bits per heavy atom. The molecule has 3 aromatic rings. The number of benzene rings is 1. The Morgan fingerprint density at radius 3 is 2.44 bits per heavy atom. The van der Waals surface area contributed by atoms with Crippen LogP contribution < -0.4 is 10.0 Å². The molecule has 3 heterocycles. The fourth-order valence-corrected chi connectivity index (χ4v) is 3.94. The average molecular weight is 431 g/mol. The first-order chi connectivity index (χ1) is 15.4. The van der Waals surface area contributed by atoms with Crippen molar-refractivity contribution in [2.24, 2.45) is 0 Å². The molecule has 0 bridgehead atoms. The molecular weight excluding hydrogens is 406 g/mol. The predicted molar refractivity (Wildman–Crippen MR) is 117 cm³/mol. The lowest BCUT2D eigenvalue weighted by atomic mass is 9.96. The molecule has 1 N–H and O–H groups in total. The first-order valence-electron chi connectivity index (χ1n) is 10.5. The molecule has 4 rings (SSSR count). The highest BCUT2D eigenvalue weighted by atomic mass is 16.3. The van der Waals surface area contributed by atoms with Gasteiger partial charge in [-0.3, -0.25) is 14.6 Å². The van der Waals surface area contributed by atoms with E-state index in [9.17, 15) is 14.7 Å². The summed E-state index contributed by atoms with van der Waals surface area (Å²) in [6.07, 6.45) is 4.66. The molecule has 1 unspecified atom stereocenters. The van der Waals surface area contributed by atoms with Crippen LogP contribution in [0.15, 0.2) is 66.6 Å². The second-order valence-electron chi connectivity index (χ2n) is 8.10. The average Bonchev–Trinajstić information content (AvgIpc) is 3.30. The summed E-state index contributed by atoms with van der Waals surface area (Å²) in [7, 11) is 3.95. The number of amides is 1. The van der Waals surface area contributed by atoms with Gasteiger partial charge in [0.15, 0.2) is 0 Å². The molecule has 1 aliphatic heterocycles. The van der Waals surface area contributed by atoms with Crippen molar-refractivity contribution in [3.63, 3.8) is 0 Å². The molecule has 2 aromatic heterocycles. The van der Waals surface area contributed by atoms with E-state index in [0.29, 0.717) is 29.9 Å². The van der Waals surface area contributed by atoms with Gasteiger partial charge in [-0.2, -0.15) is 5.10 Å². The van der Waals surface area contributed by atoms with Crippen LogP contribution in [0.1, 0.15) is 22.9 Å². The number of nitrogens with one attached hydrogen (secondary N) is 1. The van der Waals surface area contributed by atoms with Crippen molar-refractivity contribution in [1.29, 1.82) is 0 Å². The summed E-state index contributed by atoms with van der Waals surface area (Å²) in [5.41, 5.74) is 2.38. The van der Waals surface area contributed by atoms with Gasteiger partial charge in [0.2, 0.25) is 5.78 Å². The zero-order chi connectivity index (χ0) is 22.8. The summed E-state index contributed by atoms with van der Waals surface area (Å²) >= 11 is 0. The molecule has 0 radical (unpaired) electrons. The van der Waals surface area contributed by atoms with Crippen molar-refractivity contribution in [2.45, 2.75) is 13.0 Å². The van der Waals surface area contributed by atoms with Gasteiger partial charge in [0.05, 0.1) is 45.1 Å². The lowest BCUT2D eigenvalue weighted by Crippen LogP contribution is -3.06. The Kier molecular flexibility index (Phi) is 5.87. The van der Waals surface area contributed by atoms with Crippen LogP contribution >= 0.6 is 0 Å². The highest BCUT2D eigenvalue weighted by Crippen LogP contribution is 2.38. The number of quaternary nitrogens is 1. The molecule has 1 amide bonds. The molecule has 32 heavy (non-hydrogen) atoms. The van der Waals surface area contributed by atoms with E-state index in [1.165, 1.54) is 11.1 Å². The summed E-state index contributed by atoms with van der Waals surface area (Å²) < 4.78 is 1.66. The molecule has 0 saturated carbocycles. The summed E-state index contributed by atoms with van der Waals surface area (Å²) in [5, 5.41) is 18.0. The maximum absolute atomic E-state index is 13.6. The first-order valence-corrected chi connectivity index (χ1v) is 10.5. The number of likely N-dealkylation sites (N-methyl/N-ethyl adjacent to an activating group) is 1. The van der Waals surface area contributed by atoms with Gasteiger partial charge in [0.1, 0.15) is 0 Å². The number of para-hydroxylation sites is 1. The van der Waals surface area contributed by atoms with Crippen molar-refractivity contribution in [1.82, 2.24) is 19.7 Å². The second-order valence-corrected chi connectivity index (χ2v) is 8.10. The minimum Gasteiger partial charge on any atom is -0.872 e. The van der Waals surface area contributed by atoms with Gasteiger partial charge >= 0.3 is 0 Å². The Morgan fingerprint density at radius 2 is 1.78 bits per heavy atom. The summed E-state index contributed by atoms with van der Waals surface area (Å²) in [6.45, 7) is 2.79. The largest absolute Gasteiger partial charge is 0.872 e. The first kappa shape index (κ1) is 21.5. The second kappa shape index (κ2) is 8.76. The third kappa shape index (κ3) is 3.80. The molecule has 0 aliphatic carbocycles. The van der Waals surface area contributed by atoms with Crippen LogP contribution in [-0.4, -0.2) is 58.5 Å². The van der Waals surface area contributed by atoms with Gasteiger partial charge in [-0.1, -0.05) is 24.0 Å². The summed E-state index contributed by atoms with van der Waals surface area (Å²) in [5.74, 6) is -1.87. The molecule has 1 aliphatic rings. The zero-order valence-electron chi connectivity index (χ0n) is 18.3. The summed E-state index contributed by atoms with van der Waals surface area (Å²) in [4.78, 5) is 32.6. The van der Waals surface area contributed by atoms with Gasteiger partial charge in [-0.05, 0) is 36.8 Å². The van der Waals surface area contributed by atoms with Crippen LogP contribution in [0.25, 0.3) is 11.4 Å². The maximum Gasteiger partial charge on any atom is 0.295 e. The molecule has 8 heteroatoms. The highest BCUT2D eigenvalue weighted by Gasteiger charge is 2.44. The number of nitrogens with zero attached hydrogens (tertiary/aromatic N) is 4. The van der Waals surface area contributed by atoms with Crippen LogP contribution in [0.2, 0.25) is 0 Å². The third-order valence-electron chi connectivity index (χ3n) is 5.66. The number of hydrogen-bond acceptors (Lipinski definition) is 5. The van der Waals surface area contributed by atoms with E-state index in [2.05, 4.69) is 10.1 Å². The minimum absolute atomic E-state index is 0.0364. The van der Waals surface area contributed by atoms with Crippen molar-refractivity contribution < 1.29 is 19.6 Å². The van der Waals surface area contributed by atoms with E-state index in [-0.39, 0.29) is 5.57 Å². The van der Waals surface area contributed by atoms with E-state index >= 15 is 0 Å². The van der Waals surface area contributed by atoms with Gasteiger partial charge in [-0.25, -0.2) is 4.68 Å². The lowest BCUT2D eigenvalue weighted by Gasteiger charge is -2.27. The van der Waals surface area contributed by atoms with Crippen molar-refractivity contribution >= 4 is 17.4 Å². The maximum atomic E-state index is 13.6. The number of carbonyl (C=O) groups is 2. The Hall–Kier alpha value is -3.78. The highest BCUT2D eigenvalue weighted by molar-refractivity contribution is 6.46. The fourth-order valence-electron chi connectivity index (χ4n) is 3.94. The Bertz CT molecular complexity index is 1170. The van der Waals surface area contributed by atoms with Crippen LogP contribution in [0, 0.1) is 6.92 Å². The number of aromatic nitrogens is 3.